The van der Waals surface area contributed by atoms with Crippen molar-refractivity contribution in [3.63, 3.8) is 0 Å². The molecule has 0 aromatic heterocycles. The van der Waals surface area contributed by atoms with Gasteiger partial charge in [-0.3, -0.25) is 9.59 Å². The molecule has 32 heavy (non-hydrogen) atoms. The molecule has 0 aliphatic rings. The van der Waals surface area contributed by atoms with Crippen molar-refractivity contribution in [3.8, 4) is 0 Å². The standard InChI is InChI=1S/C27H29ClN2O2/c1-3-29-27(32)25(17-21-9-5-4-6-10-21)30(19-22-15-13-20(2)14-16-22)26(31)18-23-11-7-8-12-24(23)28/h4-16,25H,3,17-19H2,1-2H3,(H,29,32)/t25-/m0/s1. The van der Waals surface area contributed by atoms with Gasteiger partial charge in [0.15, 0.2) is 0 Å². The molecule has 3 aromatic carbocycles. The second-order valence-electron chi connectivity index (χ2n) is 7.88. The van der Waals surface area contributed by atoms with Gasteiger partial charge >= 0.3 is 0 Å². The molecular weight excluding hydrogens is 420 g/mol. The first kappa shape index (κ1) is 23.6. The fourth-order valence-electron chi connectivity index (χ4n) is 3.64. The topological polar surface area (TPSA) is 49.4 Å². The second-order valence-corrected chi connectivity index (χ2v) is 8.28. The lowest BCUT2D eigenvalue weighted by molar-refractivity contribution is -0.140. The third-order valence-electron chi connectivity index (χ3n) is 5.40. The Morgan fingerprint density at radius 2 is 1.56 bits per heavy atom. The maximum absolute atomic E-state index is 13.6. The number of likely N-dealkylation sites (N-methyl/N-ethyl adjacent to an activating group) is 1. The smallest absolute Gasteiger partial charge is 0.243 e. The molecular formula is C27H29ClN2O2. The Kier molecular flexibility index (Phi) is 8.46. The zero-order valence-corrected chi connectivity index (χ0v) is 19.3. The highest BCUT2D eigenvalue weighted by molar-refractivity contribution is 6.31. The summed E-state index contributed by atoms with van der Waals surface area (Å²) < 4.78 is 0. The number of aryl methyl sites for hydroxylation is 1. The van der Waals surface area contributed by atoms with E-state index in [1.54, 1.807) is 11.0 Å². The predicted octanol–water partition coefficient (Wildman–Crippen LogP) is 4.97. The summed E-state index contributed by atoms with van der Waals surface area (Å²) in [7, 11) is 0. The van der Waals surface area contributed by atoms with E-state index >= 15 is 0 Å². The first-order valence-corrected chi connectivity index (χ1v) is 11.3. The van der Waals surface area contributed by atoms with Crippen LogP contribution in [0.15, 0.2) is 78.9 Å². The van der Waals surface area contributed by atoms with Gasteiger partial charge in [0.05, 0.1) is 6.42 Å². The molecule has 0 unspecified atom stereocenters. The van der Waals surface area contributed by atoms with E-state index in [1.165, 1.54) is 0 Å². The lowest BCUT2D eigenvalue weighted by atomic mass is 10.0. The Morgan fingerprint density at radius 3 is 2.22 bits per heavy atom. The van der Waals surface area contributed by atoms with Crippen molar-refractivity contribution < 1.29 is 9.59 Å². The van der Waals surface area contributed by atoms with Crippen molar-refractivity contribution in [2.24, 2.45) is 0 Å². The third kappa shape index (κ3) is 6.44. The van der Waals surface area contributed by atoms with Crippen LogP contribution in [0.1, 0.15) is 29.2 Å². The van der Waals surface area contributed by atoms with Gasteiger partial charge in [0, 0.05) is 24.5 Å². The summed E-state index contributed by atoms with van der Waals surface area (Å²) in [4.78, 5) is 28.4. The average Bonchev–Trinajstić information content (AvgIpc) is 2.79. The number of nitrogens with zero attached hydrogens (tertiary/aromatic N) is 1. The first-order chi connectivity index (χ1) is 15.5. The quantitative estimate of drug-likeness (QED) is 0.502. The third-order valence-corrected chi connectivity index (χ3v) is 5.76. The van der Waals surface area contributed by atoms with Crippen molar-refractivity contribution in [1.29, 1.82) is 0 Å². The van der Waals surface area contributed by atoms with Crippen LogP contribution in [0.25, 0.3) is 0 Å². The molecule has 0 bridgehead atoms. The fourth-order valence-corrected chi connectivity index (χ4v) is 3.84. The van der Waals surface area contributed by atoms with E-state index < -0.39 is 6.04 Å². The first-order valence-electron chi connectivity index (χ1n) is 10.9. The number of nitrogens with one attached hydrogen (secondary N) is 1. The van der Waals surface area contributed by atoms with Crippen molar-refractivity contribution >= 4 is 23.4 Å². The van der Waals surface area contributed by atoms with Gasteiger partial charge in [-0.1, -0.05) is 90.0 Å². The SMILES string of the molecule is CCNC(=O)[C@H](Cc1ccccc1)N(Cc1ccc(C)cc1)C(=O)Cc1ccccc1Cl. The summed E-state index contributed by atoms with van der Waals surface area (Å²) in [6, 6.07) is 24.5. The van der Waals surface area contributed by atoms with Crippen LogP contribution in [-0.2, 0) is 29.0 Å². The number of halogens is 1. The van der Waals surface area contributed by atoms with Crippen molar-refractivity contribution in [2.75, 3.05) is 6.54 Å². The minimum absolute atomic E-state index is 0.133. The molecule has 3 rings (SSSR count). The van der Waals surface area contributed by atoms with E-state index in [9.17, 15) is 9.59 Å². The number of carbonyl (C=O) groups excluding carboxylic acids is 2. The van der Waals surface area contributed by atoms with Crippen LogP contribution >= 0.6 is 11.6 Å². The molecule has 0 saturated heterocycles. The minimum atomic E-state index is -0.631. The fraction of sp³-hybridized carbons (Fsp3) is 0.259. The van der Waals surface area contributed by atoms with E-state index in [2.05, 4.69) is 5.32 Å². The van der Waals surface area contributed by atoms with Gasteiger partial charge in [0.1, 0.15) is 6.04 Å². The molecule has 4 nitrogen and oxygen atoms in total. The number of benzene rings is 3. The van der Waals surface area contributed by atoms with E-state index in [0.29, 0.717) is 24.5 Å². The summed E-state index contributed by atoms with van der Waals surface area (Å²) in [5.41, 5.74) is 3.88. The number of hydrogen-bond donors (Lipinski definition) is 1. The van der Waals surface area contributed by atoms with E-state index in [0.717, 1.165) is 22.3 Å². The molecule has 0 aliphatic carbocycles. The second kappa shape index (κ2) is 11.5. The molecule has 1 atom stereocenters. The number of carbonyl (C=O) groups is 2. The van der Waals surface area contributed by atoms with Gasteiger partial charge < -0.3 is 10.2 Å². The minimum Gasteiger partial charge on any atom is -0.355 e. The van der Waals surface area contributed by atoms with Crippen molar-refractivity contribution in [3.05, 3.63) is 106 Å². The van der Waals surface area contributed by atoms with Gasteiger partial charge in [0.2, 0.25) is 11.8 Å². The van der Waals surface area contributed by atoms with Crippen LogP contribution in [0.2, 0.25) is 5.02 Å². The average molecular weight is 449 g/mol. The van der Waals surface area contributed by atoms with E-state index in [1.807, 2.05) is 86.6 Å². The van der Waals surface area contributed by atoms with Gasteiger partial charge in [-0.05, 0) is 36.6 Å². The molecule has 1 N–H and O–H groups in total. The van der Waals surface area contributed by atoms with Crippen molar-refractivity contribution in [2.45, 2.75) is 39.3 Å². The lowest BCUT2D eigenvalue weighted by Gasteiger charge is -2.31. The Bertz CT molecular complexity index is 1040. The van der Waals surface area contributed by atoms with Crippen LogP contribution in [0, 0.1) is 6.92 Å². The molecule has 0 aliphatic heterocycles. The van der Waals surface area contributed by atoms with Gasteiger partial charge in [-0.25, -0.2) is 0 Å². The Labute approximate surface area is 195 Å². The van der Waals surface area contributed by atoms with Crippen LogP contribution in [0.4, 0.5) is 0 Å². The van der Waals surface area contributed by atoms with E-state index in [4.69, 9.17) is 11.6 Å². The van der Waals surface area contributed by atoms with Crippen LogP contribution in [0.3, 0.4) is 0 Å². The lowest BCUT2D eigenvalue weighted by Crippen LogP contribution is -2.51. The molecule has 5 heteroatoms. The van der Waals surface area contributed by atoms with Gasteiger partial charge in [-0.15, -0.1) is 0 Å². The van der Waals surface area contributed by atoms with Crippen LogP contribution < -0.4 is 5.32 Å². The Morgan fingerprint density at radius 1 is 0.906 bits per heavy atom. The largest absolute Gasteiger partial charge is 0.355 e. The monoisotopic (exact) mass is 448 g/mol. The number of amides is 2. The highest BCUT2D eigenvalue weighted by Crippen LogP contribution is 2.20. The number of hydrogen-bond acceptors (Lipinski definition) is 2. The summed E-state index contributed by atoms with van der Waals surface area (Å²) in [5.74, 6) is -0.290. The molecule has 0 saturated carbocycles. The maximum Gasteiger partial charge on any atom is 0.243 e. The highest BCUT2D eigenvalue weighted by Gasteiger charge is 2.30. The summed E-state index contributed by atoms with van der Waals surface area (Å²) in [6.07, 6.45) is 0.572. The Hall–Kier alpha value is -3.11. The molecule has 0 spiro atoms. The van der Waals surface area contributed by atoms with Crippen molar-refractivity contribution in [1.82, 2.24) is 10.2 Å². The maximum atomic E-state index is 13.6. The molecule has 2 amide bonds. The number of rotatable bonds is 9. The summed E-state index contributed by atoms with van der Waals surface area (Å²) in [6.45, 7) is 4.75. The normalized spacial score (nSPS) is 11.6. The summed E-state index contributed by atoms with van der Waals surface area (Å²) in [5, 5.41) is 3.46. The predicted molar refractivity (Wildman–Crippen MR) is 130 cm³/mol. The highest BCUT2D eigenvalue weighted by atomic mass is 35.5. The molecule has 0 radical (unpaired) electrons. The van der Waals surface area contributed by atoms with Crippen LogP contribution in [0.5, 0.6) is 0 Å². The van der Waals surface area contributed by atoms with Gasteiger partial charge in [0.25, 0.3) is 0 Å². The Balaban J connectivity index is 1.95. The van der Waals surface area contributed by atoms with Crippen LogP contribution in [-0.4, -0.2) is 29.3 Å². The molecule has 0 heterocycles. The zero-order chi connectivity index (χ0) is 22.9. The van der Waals surface area contributed by atoms with E-state index in [-0.39, 0.29) is 18.2 Å². The molecule has 166 valence electrons. The molecule has 0 fully saturated rings. The summed E-state index contributed by atoms with van der Waals surface area (Å²) >= 11 is 6.32. The van der Waals surface area contributed by atoms with Gasteiger partial charge in [-0.2, -0.15) is 0 Å². The molecule has 3 aromatic rings. The zero-order valence-electron chi connectivity index (χ0n) is 18.6.